The molecule has 3 unspecified atom stereocenters. The fourth-order valence-corrected chi connectivity index (χ4v) is 2.28. The zero-order valence-electron chi connectivity index (χ0n) is 13.3. The van der Waals surface area contributed by atoms with E-state index in [1.54, 1.807) is 24.3 Å². The minimum absolute atomic E-state index is 0.133. The van der Waals surface area contributed by atoms with Crippen LogP contribution in [0.2, 0.25) is 0 Å². The van der Waals surface area contributed by atoms with Crippen molar-refractivity contribution in [3.63, 3.8) is 0 Å². The van der Waals surface area contributed by atoms with Gasteiger partial charge in [-0.15, -0.1) is 0 Å². The monoisotopic (exact) mass is 421 g/mol. The lowest BCUT2D eigenvalue weighted by Crippen LogP contribution is -2.51. The van der Waals surface area contributed by atoms with Crippen molar-refractivity contribution in [2.75, 3.05) is 12.0 Å². The molecule has 0 aromatic heterocycles. The van der Waals surface area contributed by atoms with Crippen molar-refractivity contribution in [2.45, 2.75) is 26.3 Å². The number of benzene rings is 1. The molecule has 0 aliphatic rings. The lowest BCUT2D eigenvalue weighted by molar-refractivity contribution is -0.124. The molecule has 0 spiro atoms. The molecule has 24 heavy (non-hydrogen) atoms. The molecule has 8 nitrogen and oxygen atoms in total. The van der Waals surface area contributed by atoms with Crippen molar-refractivity contribution in [2.24, 2.45) is 5.92 Å². The van der Waals surface area contributed by atoms with Crippen molar-refractivity contribution in [1.29, 1.82) is 0 Å². The largest absolute Gasteiger partial charge is 0.331 e. The van der Waals surface area contributed by atoms with Crippen molar-refractivity contribution in [1.82, 2.24) is 10.6 Å². The number of hydrogen-bond acceptors (Lipinski definition) is 4. The summed E-state index contributed by atoms with van der Waals surface area (Å²) in [5.41, 5.74) is 0.584. The molecule has 1 aromatic rings. The molecule has 0 aliphatic heterocycles. The van der Waals surface area contributed by atoms with Crippen LogP contribution in [0.3, 0.4) is 0 Å². The summed E-state index contributed by atoms with van der Waals surface area (Å²) in [4.78, 5) is 32.8. The highest BCUT2D eigenvalue weighted by molar-refractivity contribution is 9.10. The fourth-order valence-electron chi connectivity index (χ4n) is 1.82. The molecule has 0 aliphatic carbocycles. The highest BCUT2D eigenvalue weighted by Gasteiger charge is 2.25. The SMILES string of the molecule is CCC(C)C(NC(=O)Nc1ccc(Br)cc1)C(=O)NCO[PH](=O)O. The molecular formula is C14H21BrN3O5P. The Morgan fingerprint density at radius 1 is 1.33 bits per heavy atom. The third-order valence-corrected chi connectivity index (χ3v) is 4.25. The predicted molar refractivity (Wildman–Crippen MR) is 94.9 cm³/mol. The first kappa shape index (κ1) is 20.6. The van der Waals surface area contributed by atoms with Gasteiger partial charge in [-0.2, -0.15) is 0 Å². The Morgan fingerprint density at radius 2 is 1.96 bits per heavy atom. The molecule has 0 saturated carbocycles. The molecule has 1 aromatic carbocycles. The lowest BCUT2D eigenvalue weighted by Gasteiger charge is -2.23. The number of halogens is 1. The number of hydrogen-bond donors (Lipinski definition) is 4. The minimum atomic E-state index is -3.12. The Balaban J connectivity index is 2.63. The van der Waals surface area contributed by atoms with E-state index in [9.17, 15) is 14.2 Å². The second kappa shape index (κ2) is 10.5. The summed E-state index contributed by atoms with van der Waals surface area (Å²) in [6, 6.07) is 5.68. The first-order valence-corrected chi connectivity index (χ1v) is 9.35. The fraction of sp³-hybridized carbons (Fsp3) is 0.429. The van der Waals surface area contributed by atoms with E-state index >= 15 is 0 Å². The average molecular weight is 422 g/mol. The van der Waals surface area contributed by atoms with Crippen LogP contribution in [-0.2, 0) is 13.9 Å². The van der Waals surface area contributed by atoms with Gasteiger partial charge in [-0.25, -0.2) is 4.79 Å². The average Bonchev–Trinajstić information content (AvgIpc) is 2.53. The van der Waals surface area contributed by atoms with E-state index in [-0.39, 0.29) is 5.92 Å². The highest BCUT2D eigenvalue weighted by atomic mass is 79.9. The van der Waals surface area contributed by atoms with Gasteiger partial charge in [0.15, 0.2) is 0 Å². The summed E-state index contributed by atoms with van der Waals surface area (Å²) >= 11 is 3.30. The number of rotatable bonds is 8. The first-order valence-electron chi connectivity index (χ1n) is 7.30. The predicted octanol–water partition coefficient (Wildman–Crippen LogP) is 2.46. The van der Waals surface area contributed by atoms with Crippen molar-refractivity contribution in [3.05, 3.63) is 28.7 Å². The molecule has 0 radical (unpaired) electrons. The van der Waals surface area contributed by atoms with Crippen LogP contribution in [0.1, 0.15) is 20.3 Å². The maximum absolute atomic E-state index is 12.1. The Bertz CT molecular complexity index is 584. The van der Waals surface area contributed by atoms with Crippen LogP contribution in [0.4, 0.5) is 10.5 Å². The van der Waals surface area contributed by atoms with Gasteiger partial charge in [-0.3, -0.25) is 13.9 Å². The van der Waals surface area contributed by atoms with Crippen LogP contribution in [0, 0.1) is 5.92 Å². The van der Waals surface area contributed by atoms with Crippen molar-refractivity contribution in [3.8, 4) is 0 Å². The molecule has 3 atom stereocenters. The lowest BCUT2D eigenvalue weighted by atomic mass is 9.98. The number of carbonyl (C=O) groups excluding carboxylic acids is 2. The third-order valence-electron chi connectivity index (χ3n) is 3.33. The Kier molecular flexibility index (Phi) is 8.99. The van der Waals surface area contributed by atoms with Gasteiger partial charge >= 0.3 is 14.3 Å². The molecule has 4 N–H and O–H groups in total. The molecule has 3 amide bonds. The number of amides is 3. The van der Waals surface area contributed by atoms with E-state index in [1.165, 1.54) is 0 Å². The zero-order chi connectivity index (χ0) is 18.1. The minimum Gasteiger partial charge on any atom is -0.331 e. The zero-order valence-corrected chi connectivity index (χ0v) is 15.9. The van der Waals surface area contributed by atoms with Gasteiger partial charge in [0.1, 0.15) is 12.8 Å². The van der Waals surface area contributed by atoms with Gasteiger partial charge in [0.2, 0.25) is 5.91 Å². The summed E-state index contributed by atoms with van der Waals surface area (Å²) < 4.78 is 15.8. The van der Waals surface area contributed by atoms with Crippen LogP contribution in [0.25, 0.3) is 0 Å². The van der Waals surface area contributed by atoms with Gasteiger partial charge in [0, 0.05) is 10.2 Å². The molecule has 1 rings (SSSR count). The van der Waals surface area contributed by atoms with Crippen molar-refractivity contribution >= 4 is 41.8 Å². The van der Waals surface area contributed by atoms with E-state index in [1.807, 2.05) is 13.8 Å². The van der Waals surface area contributed by atoms with E-state index in [0.717, 1.165) is 4.47 Å². The van der Waals surface area contributed by atoms with Crippen molar-refractivity contribution < 1.29 is 23.6 Å². The number of carbonyl (C=O) groups is 2. The first-order chi connectivity index (χ1) is 11.3. The Hall–Kier alpha value is -1.41. The molecule has 0 saturated heterocycles. The topological polar surface area (TPSA) is 117 Å². The summed E-state index contributed by atoms with van der Waals surface area (Å²) in [6.07, 6.45) is 0.661. The van der Waals surface area contributed by atoms with Crippen LogP contribution in [0.5, 0.6) is 0 Å². The molecular weight excluding hydrogens is 401 g/mol. The molecule has 0 heterocycles. The number of nitrogens with one attached hydrogen (secondary N) is 3. The van der Waals surface area contributed by atoms with Gasteiger partial charge < -0.3 is 20.8 Å². The van der Waals surface area contributed by atoms with Gasteiger partial charge in [0.25, 0.3) is 0 Å². The summed E-state index contributed by atoms with van der Waals surface area (Å²) in [7, 11) is -3.12. The van der Waals surface area contributed by atoms with E-state index in [0.29, 0.717) is 12.1 Å². The summed E-state index contributed by atoms with van der Waals surface area (Å²) in [6.45, 7) is 3.32. The second-order valence-corrected chi connectivity index (χ2v) is 6.80. The Labute approximate surface area is 149 Å². The molecule has 0 bridgehead atoms. The van der Waals surface area contributed by atoms with E-state index in [2.05, 4.69) is 36.4 Å². The maximum Gasteiger partial charge on any atom is 0.319 e. The summed E-state index contributed by atoms with van der Waals surface area (Å²) in [5, 5.41) is 7.61. The van der Waals surface area contributed by atoms with Crippen LogP contribution in [-0.4, -0.2) is 29.6 Å². The molecule has 10 heteroatoms. The van der Waals surface area contributed by atoms with E-state index < -0.39 is 33.0 Å². The normalized spacial score (nSPS) is 14.3. The van der Waals surface area contributed by atoms with Gasteiger partial charge in [0.05, 0.1) is 0 Å². The maximum atomic E-state index is 12.1. The number of anilines is 1. The van der Waals surface area contributed by atoms with Crippen LogP contribution in [0.15, 0.2) is 28.7 Å². The molecule has 0 fully saturated rings. The third kappa shape index (κ3) is 7.44. The number of urea groups is 1. The highest BCUT2D eigenvalue weighted by Crippen LogP contribution is 2.15. The van der Waals surface area contributed by atoms with E-state index in [4.69, 9.17) is 4.89 Å². The second-order valence-electron chi connectivity index (χ2n) is 5.06. The smallest absolute Gasteiger partial charge is 0.319 e. The standard InChI is InChI=1S/C14H21BrN3O5P/c1-3-9(2)12(13(19)16-8-23-24(21)22)18-14(20)17-11-6-4-10(15)5-7-11/h4-7,9,12,24H,3,8H2,1-2H3,(H,16,19)(H,21,22)(H2,17,18,20). The van der Waals surface area contributed by atoms with Crippen LogP contribution >= 0.6 is 24.2 Å². The van der Waals surface area contributed by atoms with Crippen LogP contribution < -0.4 is 16.0 Å². The van der Waals surface area contributed by atoms with Gasteiger partial charge in [-0.05, 0) is 30.2 Å². The Morgan fingerprint density at radius 3 is 2.50 bits per heavy atom. The summed E-state index contributed by atoms with van der Waals surface area (Å²) in [5.74, 6) is -0.620. The quantitative estimate of drug-likeness (QED) is 0.379. The van der Waals surface area contributed by atoms with Gasteiger partial charge in [-0.1, -0.05) is 36.2 Å². The molecule has 134 valence electrons.